The van der Waals surface area contributed by atoms with E-state index in [0.717, 1.165) is 45.4 Å². The summed E-state index contributed by atoms with van der Waals surface area (Å²) in [5.74, 6) is 1.65. The van der Waals surface area contributed by atoms with E-state index in [9.17, 15) is 4.79 Å². The van der Waals surface area contributed by atoms with Crippen LogP contribution in [0.4, 0.5) is 4.79 Å². The van der Waals surface area contributed by atoms with E-state index in [4.69, 9.17) is 9.72 Å². The van der Waals surface area contributed by atoms with Gasteiger partial charge in [-0.3, -0.25) is 0 Å². The smallest absolute Gasteiger partial charge is 0.410 e. The third-order valence-corrected chi connectivity index (χ3v) is 5.59. The molecule has 1 aromatic rings. The van der Waals surface area contributed by atoms with Crippen LogP contribution in [0.5, 0.6) is 0 Å². The van der Waals surface area contributed by atoms with Crippen molar-refractivity contribution in [1.82, 2.24) is 19.4 Å². The standard InChI is InChI=1S/C21H36N4O2/c1-5-18-16-25(15-14-23-10-6-7-11-23)19(22-18)17-8-12-24(13-9-17)20(26)27-21(2,3)4/h16-17H,5-15H2,1-4H3. The quantitative estimate of drug-likeness (QED) is 0.787. The number of rotatable bonds is 5. The lowest BCUT2D eigenvalue weighted by atomic mass is 9.96. The second-order valence-electron chi connectivity index (χ2n) is 8.93. The van der Waals surface area contributed by atoms with Crippen molar-refractivity contribution in [2.45, 2.75) is 77.9 Å². The van der Waals surface area contributed by atoms with Gasteiger partial charge in [0.05, 0.1) is 5.69 Å². The molecule has 0 aromatic carbocycles. The summed E-state index contributed by atoms with van der Waals surface area (Å²) in [6.45, 7) is 14.0. The fourth-order valence-electron chi connectivity index (χ4n) is 4.06. The average molecular weight is 377 g/mol. The second kappa shape index (κ2) is 8.63. The molecular formula is C21H36N4O2. The molecule has 2 aliphatic heterocycles. The first-order valence-electron chi connectivity index (χ1n) is 10.6. The largest absolute Gasteiger partial charge is 0.444 e. The zero-order valence-electron chi connectivity index (χ0n) is 17.5. The van der Waals surface area contributed by atoms with E-state index < -0.39 is 5.60 Å². The summed E-state index contributed by atoms with van der Waals surface area (Å²) in [6, 6.07) is 0. The van der Waals surface area contributed by atoms with E-state index in [1.807, 2.05) is 25.7 Å². The van der Waals surface area contributed by atoms with Crippen molar-refractivity contribution in [1.29, 1.82) is 0 Å². The maximum absolute atomic E-state index is 12.3. The summed E-state index contributed by atoms with van der Waals surface area (Å²) in [5.41, 5.74) is 0.747. The number of imidazole rings is 1. The van der Waals surface area contributed by atoms with E-state index in [1.54, 1.807) is 0 Å². The summed E-state index contributed by atoms with van der Waals surface area (Å²) in [5, 5.41) is 0. The van der Waals surface area contributed by atoms with Crippen molar-refractivity contribution < 1.29 is 9.53 Å². The van der Waals surface area contributed by atoms with Crippen molar-refractivity contribution in [2.24, 2.45) is 0 Å². The summed E-state index contributed by atoms with van der Waals surface area (Å²) < 4.78 is 7.90. The van der Waals surface area contributed by atoms with Crippen LogP contribution >= 0.6 is 0 Å². The Hall–Kier alpha value is -1.56. The van der Waals surface area contributed by atoms with Gasteiger partial charge in [-0.25, -0.2) is 9.78 Å². The van der Waals surface area contributed by atoms with Gasteiger partial charge in [-0.15, -0.1) is 0 Å². The van der Waals surface area contributed by atoms with Crippen molar-refractivity contribution >= 4 is 6.09 Å². The molecular weight excluding hydrogens is 340 g/mol. The molecule has 0 atom stereocenters. The number of carbonyl (C=O) groups excluding carboxylic acids is 1. The van der Waals surface area contributed by atoms with Gasteiger partial charge in [0.25, 0.3) is 0 Å². The first-order valence-corrected chi connectivity index (χ1v) is 10.6. The van der Waals surface area contributed by atoms with Gasteiger partial charge in [0.1, 0.15) is 11.4 Å². The predicted molar refractivity (Wildman–Crippen MR) is 107 cm³/mol. The Kier molecular flexibility index (Phi) is 6.45. The molecule has 0 aliphatic carbocycles. The molecule has 0 N–H and O–H groups in total. The van der Waals surface area contributed by atoms with Crippen LogP contribution in [0.15, 0.2) is 6.20 Å². The SMILES string of the molecule is CCc1cn(CCN2CCCC2)c(C2CCN(C(=O)OC(C)(C)C)CC2)n1. The van der Waals surface area contributed by atoms with Crippen LogP contribution in [0.1, 0.15) is 70.8 Å². The van der Waals surface area contributed by atoms with Crippen LogP contribution in [0.2, 0.25) is 0 Å². The molecule has 1 amide bonds. The molecule has 3 rings (SSSR count). The molecule has 3 heterocycles. The van der Waals surface area contributed by atoms with Gasteiger partial charge in [-0.05, 0) is 66.0 Å². The molecule has 0 unspecified atom stereocenters. The van der Waals surface area contributed by atoms with Gasteiger partial charge in [0, 0.05) is 38.3 Å². The summed E-state index contributed by atoms with van der Waals surface area (Å²) >= 11 is 0. The first kappa shape index (κ1) is 20.2. The van der Waals surface area contributed by atoms with Gasteiger partial charge >= 0.3 is 6.09 Å². The van der Waals surface area contributed by atoms with E-state index in [-0.39, 0.29) is 6.09 Å². The number of ether oxygens (including phenoxy) is 1. The van der Waals surface area contributed by atoms with Crippen molar-refractivity contribution in [2.75, 3.05) is 32.7 Å². The van der Waals surface area contributed by atoms with Crippen LogP contribution < -0.4 is 0 Å². The highest BCUT2D eigenvalue weighted by Gasteiger charge is 2.29. The number of hydrogen-bond donors (Lipinski definition) is 0. The number of hydrogen-bond acceptors (Lipinski definition) is 4. The third kappa shape index (κ3) is 5.47. The normalized spacial score (nSPS) is 19.6. The lowest BCUT2D eigenvalue weighted by Gasteiger charge is -2.33. The number of aromatic nitrogens is 2. The molecule has 2 aliphatic rings. The Bertz CT molecular complexity index is 621. The van der Waals surface area contributed by atoms with Gasteiger partial charge in [-0.1, -0.05) is 6.92 Å². The number of likely N-dealkylation sites (tertiary alicyclic amines) is 2. The van der Waals surface area contributed by atoms with Gasteiger partial charge in [0.2, 0.25) is 0 Å². The number of aryl methyl sites for hydroxylation is 1. The molecule has 6 heteroatoms. The van der Waals surface area contributed by atoms with Crippen LogP contribution in [-0.2, 0) is 17.7 Å². The Morgan fingerprint density at radius 2 is 1.81 bits per heavy atom. The van der Waals surface area contributed by atoms with E-state index in [1.165, 1.54) is 37.4 Å². The Morgan fingerprint density at radius 3 is 2.41 bits per heavy atom. The number of amides is 1. The second-order valence-corrected chi connectivity index (χ2v) is 8.93. The highest BCUT2D eigenvalue weighted by molar-refractivity contribution is 5.68. The van der Waals surface area contributed by atoms with Crippen LogP contribution in [0.25, 0.3) is 0 Å². The number of carbonyl (C=O) groups is 1. The number of piperidine rings is 1. The van der Waals surface area contributed by atoms with Crippen molar-refractivity contribution in [3.8, 4) is 0 Å². The fraction of sp³-hybridized carbons (Fsp3) is 0.810. The van der Waals surface area contributed by atoms with Crippen molar-refractivity contribution in [3.63, 3.8) is 0 Å². The number of nitrogens with zero attached hydrogens (tertiary/aromatic N) is 4. The fourth-order valence-corrected chi connectivity index (χ4v) is 4.06. The zero-order chi connectivity index (χ0) is 19.4. The van der Waals surface area contributed by atoms with Crippen molar-refractivity contribution in [3.05, 3.63) is 17.7 Å². The molecule has 0 spiro atoms. The molecule has 2 saturated heterocycles. The van der Waals surface area contributed by atoms with E-state index in [0.29, 0.717) is 5.92 Å². The minimum absolute atomic E-state index is 0.187. The Morgan fingerprint density at radius 1 is 1.15 bits per heavy atom. The van der Waals surface area contributed by atoms with Crippen LogP contribution in [0.3, 0.4) is 0 Å². The Labute approximate surface area is 163 Å². The maximum atomic E-state index is 12.3. The topological polar surface area (TPSA) is 50.6 Å². The van der Waals surface area contributed by atoms with E-state index in [2.05, 4.69) is 22.6 Å². The maximum Gasteiger partial charge on any atom is 0.410 e. The highest BCUT2D eigenvalue weighted by atomic mass is 16.6. The van der Waals surface area contributed by atoms with Gasteiger partial charge in [-0.2, -0.15) is 0 Å². The molecule has 152 valence electrons. The monoisotopic (exact) mass is 376 g/mol. The predicted octanol–water partition coefficient (Wildman–Crippen LogP) is 3.66. The van der Waals surface area contributed by atoms with Crippen LogP contribution in [0, 0.1) is 0 Å². The first-order chi connectivity index (χ1) is 12.9. The summed E-state index contributed by atoms with van der Waals surface area (Å²) in [4.78, 5) is 21.6. The Balaban J connectivity index is 1.59. The molecule has 27 heavy (non-hydrogen) atoms. The average Bonchev–Trinajstić information content (AvgIpc) is 3.28. The van der Waals surface area contributed by atoms with E-state index >= 15 is 0 Å². The molecule has 6 nitrogen and oxygen atoms in total. The molecule has 1 aromatic heterocycles. The molecule has 0 bridgehead atoms. The highest BCUT2D eigenvalue weighted by Crippen LogP contribution is 2.28. The lowest BCUT2D eigenvalue weighted by Crippen LogP contribution is -2.41. The third-order valence-electron chi connectivity index (χ3n) is 5.59. The zero-order valence-corrected chi connectivity index (χ0v) is 17.5. The summed E-state index contributed by atoms with van der Waals surface area (Å²) in [6.07, 6.45) is 7.62. The van der Waals surface area contributed by atoms with Crippen LogP contribution in [-0.4, -0.2) is 63.8 Å². The van der Waals surface area contributed by atoms with Gasteiger partial charge < -0.3 is 19.1 Å². The van der Waals surface area contributed by atoms with Gasteiger partial charge in [0.15, 0.2) is 0 Å². The minimum atomic E-state index is -0.435. The molecule has 2 fully saturated rings. The lowest BCUT2D eigenvalue weighted by molar-refractivity contribution is 0.0202. The molecule has 0 radical (unpaired) electrons. The summed E-state index contributed by atoms with van der Waals surface area (Å²) in [7, 11) is 0. The minimum Gasteiger partial charge on any atom is -0.444 e. The molecule has 0 saturated carbocycles.